The number of aromatic amines is 1. The van der Waals surface area contributed by atoms with Crippen LogP contribution < -0.4 is 4.90 Å². The van der Waals surface area contributed by atoms with Gasteiger partial charge in [0.2, 0.25) is 5.95 Å². The summed E-state index contributed by atoms with van der Waals surface area (Å²) in [7, 11) is 0. The van der Waals surface area contributed by atoms with Crippen molar-refractivity contribution in [3.63, 3.8) is 0 Å². The molecule has 1 aliphatic rings. The average molecular weight is 369 g/mol. The van der Waals surface area contributed by atoms with Crippen molar-refractivity contribution in [2.24, 2.45) is 0 Å². The van der Waals surface area contributed by atoms with Crippen LogP contribution in [0.5, 0.6) is 0 Å². The first-order chi connectivity index (χ1) is 13.1. The topological polar surface area (TPSA) is 85.4 Å². The molecule has 0 radical (unpaired) electrons. The minimum absolute atomic E-state index is 0.351. The van der Waals surface area contributed by atoms with Crippen LogP contribution in [0.3, 0.4) is 0 Å². The number of aromatic nitrogens is 3. The Morgan fingerprint density at radius 3 is 2.78 bits per heavy atom. The van der Waals surface area contributed by atoms with E-state index in [1.54, 1.807) is 30.7 Å². The normalized spacial score (nSPS) is 17.0. The van der Waals surface area contributed by atoms with E-state index in [0.717, 1.165) is 18.4 Å². The highest BCUT2D eigenvalue weighted by Crippen LogP contribution is 2.30. The second-order valence-corrected chi connectivity index (χ2v) is 6.60. The standard InChI is InChI=1S/C19H20FN5O2/c20-13-3-4-14-15(12-23-16(14)11-13)17(18(26)27)24-7-2-8-25(10-9-24)19-21-5-1-6-22-19/h1,3-6,11-12,17,23H,2,7-10H2,(H,26,27)/t17-/m1/s1. The third kappa shape index (κ3) is 3.48. The number of nitrogens with one attached hydrogen (secondary N) is 1. The molecular weight excluding hydrogens is 349 g/mol. The summed E-state index contributed by atoms with van der Waals surface area (Å²) in [5.41, 5.74) is 1.26. The monoisotopic (exact) mass is 369 g/mol. The average Bonchev–Trinajstić information content (AvgIpc) is 2.91. The Morgan fingerprint density at radius 2 is 2.00 bits per heavy atom. The molecule has 0 bridgehead atoms. The number of anilines is 1. The number of carbonyl (C=O) groups is 1. The summed E-state index contributed by atoms with van der Waals surface area (Å²) in [4.78, 5) is 27.7. The molecule has 0 spiro atoms. The summed E-state index contributed by atoms with van der Waals surface area (Å²) < 4.78 is 13.5. The van der Waals surface area contributed by atoms with Crippen LogP contribution in [0.4, 0.5) is 10.3 Å². The molecular formula is C19H20FN5O2. The Balaban J connectivity index is 1.60. The van der Waals surface area contributed by atoms with Gasteiger partial charge in [0.1, 0.15) is 11.9 Å². The first-order valence-electron chi connectivity index (χ1n) is 8.89. The SMILES string of the molecule is O=C(O)[C@@H](c1c[nH]c2cc(F)ccc12)N1CCCN(c2ncccn2)CC1. The van der Waals surface area contributed by atoms with Gasteiger partial charge in [-0.2, -0.15) is 0 Å². The number of H-pyrrole nitrogens is 1. The molecule has 1 fully saturated rings. The van der Waals surface area contributed by atoms with E-state index in [2.05, 4.69) is 19.9 Å². The van der Waals surface area contributed by atoms with Gasteiger partial charge in [-0.25, -0.2) is 14.4 Å². The van der Waals surface area contributed by atoms with Crippen LogP contribution in [-0.4, -0.2) is 57.1 Å². The van der Waals surface area contributed by atoms with Crippen molar-refractivity contribution < 1.29 is 14.3 Å². The van der Waals surface area contributed by atoms with E-state index in [9.17, 15) is 14.3 Å². The fourth-order valence-electron chi connectivity index (χ4n) is 3.68. The quantitative estimate of drug-likeness (QED) is 0.735. The smallest absolute Gasteiger partial charge is 0.325 e. The van der Waals surface area contributed by atoms with Gasteiger partial charge in [0.25, 0.3) is 0 Å². The van der Waals surface area contributed by atoms with E-state index < -0.39 is 12.0 Å². The molecule has 140 valence electrons. The fourth-order valence-corrected chi connectivity index (χ4v) is 3.68. The minimum atomic E-state index is -0.912. The Bertz CT molecular complexity index is 946. The predicted molar refractivity (Wildman–Crippen MR) is 99.1 cm³/mol. The van der Waals surface area contributed by atoms with E-state index in [4.69, 9.17) is 0 Å². The zero-order chi connectivity index (χ0) is 18.8. The first kappa shape index (κ1) is 17.4. The molecule has 3 aromatic rings. The van der Waals surface area contributed by atoms with Crippen molar-refractivity contribution >= 4 is 22.8 Å². The van der Waals surface area contributed by atoms with Gasteiger partial charge in [-0.3, -0.25) is 9.69 Å². The second kappa shape index (κ2) is 7.32. The number of benzene rings is 1. The number of carboxylic acid groups (broad SMARTS) is 1. The van der Waals surface area contributed by atoms with Crippen molar-refractivity contribution in [1.29, 1.82) is 0 Å². The predicted octanol–water partition coefficient (Wildman–Crippen LogP) is 2.44. The molecule has 2 aromatic heterocycles. The van der Waals surface area contributed by atoms with Gasteiger partial charge in [0.05, 0.1) is 0 Å². The van der Waals surface area contributed by atoms with E-state index in [-0.39, 0.29) is 5.82 Å². The summed E-state index contributed by atoms with van der Waals surface area (Å²) in [6, 6.07) is 5.35. The third-order valence-electron chi connectivity index (χ3n) is 4.93. The summed E-state index contributed by atoms with van der Waals surface area (Å²) in [6.07, 6.45) is 5.89. The maximum absolute atomic E-state index is 13.5. The number of nitrogens with zero attached hydrogens (tertiary/aromatic N) is 4. The molecule has 1 atom stereocenters. The number of aliphatic carboxylic acids is 1. The van der Waals surface area contributed by atoms with Crippen molar-refractivity contribution in [3.8, 4) is 0 Å². The van der Waals surface area contributed by atoms with Crippen molar-refractivity contribution in [2.45, 2.75) is 12.5 Å². The number of rotatable bonds is 4. The van der Waals surface area contributed by atoms with Crippen LogP contribution in [0.2, 0.25) is 0 Å². The van der Waals surface area contributed by atoms with Crippen LogP contribution in [0.15, 0.2) is 42.9 Å². The molecule has 0 saturated carbocycles. The van der Waals surface area contributed by atoms with Crippen LogP contribution in [0, 0.1) is 5.82 Å². The molecule has 2 N–H and O–H groups in total. The summed E-state index contributed by atoms with van der Waals surface area (Å²) >= 11 is 0. The van der Waals surface area contributed by atoms with Gasteiger partial charge < -0.3 is 15.0 Å². The molecule has 3 heterocycles. The number of hydrogen-bond donors (Lipinski definition) is 2. The molecule has 7 nitrogen and oxygen atoms in total. The lowest BCUT2D eigenvalue weighted by Gasteiger charge is -2.27. The van der Waals surface area contributed by atoms with Gasteiger partial charge in [0, 0.05) is 61.2 Å². The summed E-state index contributed by atoms with van der Waals surface area (Å²) in [5.74, 6) is -0.602. The molecule has 1 saturated heterocycles. The zero-order valence-electron chi connectivity index (χ0n) is 14.7. The second-order valence-electron chi connectivity index (χ2n) is 6.60. The van der Waals surface area contributed by atoms with E-state index >= 15 is 0 Å². The lowest BCUT2D eigenvalue weighted by Crippen LogP contribution is -2.37. The highest BCUT2D eigenvalue weighted by molar-refractivity contribution is 5.89. The van der Waals surface area contributed by atoms with Gasteiger partial charge in [-0.1, -0.05) is 0 Å². The molecule has 0 amide bonds. The Labute approximate surface area is 155 Å². The Kier molecular flexibility index (Phi) is 4.72. The Hall–Kier alpha value is -3.00. The highest BCUT2D eigenvalue weighted by Gasteiger charge is 2.31. The van der Waals surface area contributed by atoms with Crippen LogP contribution >= 0.6 is 0 Å². The van der Waals surface area contributed by atoms with Gasteiger partial charge in [-0.15, -0.1) is 0 Å². The van der Waals surface area contributed by atoms with E-state index in [1.165, 1.54) is 12.1 Å². The molecule has 1 aromatic carbocycles. The summed E-state index contributed by atoms with van der Waals surface area (Å²) in [5, 5.41) is 10.7. The van der Waals surface area contributed by atoms with Gasteiger partial charge in [-0.05, 0) is 30.7 Å². The molecule has 0 unspecified atom stereocenters. The van der Waals surface area contributed by atoms with Crippen molar-refractivity contribution in [3.05, 3.63) is 54.2 Å². The lowest BCUT2D eigenvalue weighted by molar-refractivity contribution is -0.143. The van der Waals surface area contributed by atoms with Crippen molar-refractivity contribution in [2.75, 3.05) is 31.1 Å². The molecule has 27 heavy (non-hydrogen) atoms. The summed E-state index contributed by atoms with van der Waals surface area (Å²) in [6.45, 7) is 2.63. The largest absolute Gasteiger partial charge is 0.480 e. The number of carboxylic acids is 1. The lowest BCUT2D eigenvalue weighted by atomic mass is 10.0. The van der Waals surface area contributed by atoms with Crippen LogP contribution in [-0.2, 0) is 4.79 Å². The van der Waals surface area contributed by atoms with Gasteiger partial charge in [0.15, 0.2) is 0 Å². The Morgan fingerprint density at radius 1 is 1.19 bits per heavy atom. The van der Waals surface area contributed by atoms with E-state index in [0.29, 0.717) is 36.7 Å². The number of fused-ring (bicyclic) bond motifs is 1. The molecule has 1 aliphatic heterocycles. The molecule has 8 heteroatoms. The first-order valence-corrected chi connectivity index (χ1v) is 8.89. The maximum atomic E-state index is 13.5. The van der Waals surface area contributed by atoms with E-state index in [1.807, 2.05) is 4.90 Å². The number of hydrogen-bond acceptors (Lipinski definition) is 5. The highest BCUT2D eigenvalue weighted by atomic mass is 19.1. The molecule has 4 rings (SSSR count). The fraction of sp³-hybridized carbons (Fsp3) is 0.316. The minimum Gasteiger partial charge on any atom is -0.480 e. The zero-order valence-corrected chi connectivity index (χ0v) is 14.7. The maximum Gasteiger partial charge on any atom is 0.325 e. The van der Waals surface area contributed by atoms with Gasteiger partial charge >= 0.3 is 5.97 Å². The molecule has 0 aliphatic carbocycles. The third-order valence-corrected chi connectivity index (χ3v) is 4.93. The van der Waals surface area contributed by atoms with Crippen LogP contribution in [0.1, 0.15) is 18.0 Å². The van der Waals surface area contributed by atoms with Crippen molar-refractivity contribution in [1.82, 2.24) is 19.9 Å². The van der Waals surface area contributed by atoms with Crippen LogP contribution in [0.25, 0.3) is 10.9 Å². The number of halogens is 1.